The lowest BCUT2D eigenvalue weighted by atomic mass is 10.1. The van der Waals surface area contributed by atoms with Crippen molar-refractivity contribution in [2.45, 2.75) is 6.54 Å². The lowest BCUT2D eigenvalue weighted by Gasteiger charge is -2.01. The van der Waals surface area contributed by atoms with Gasteiger partial charge >= 0.3 is 5.97 Å². The Morgan fingerprint density at radius 1 is 1.15 bits per heavy atom. The van der Waals surface area contributed by atoms with E-state index in [9.17, 15) is 9.59 Å². The van der Waals surface area contributed by atoms with Crippen molar-refractivity contribution in [3.05, 3.63) is 43.0 Å². The van der Waals surface area contributed by atoms with E-state index >= 15 is 0 Å². The Labute approximate surface area is 114 Å². The van der Waals surface area contributed by atoms with Crippen LogP contribution in [0.15, 0.2) is 43.0 Å². The van der Waals surface area contributed by atoms with Crippen molar-refractivity contribution in [3.63, 3.8) is 0 Å². The minimum absolute atomic E-state index is 0.0716. The Balaban J connectivity index is 1.98. The molecule has 7 nitrogen and oxygen atoms in total. The Morgan fingerprint density at radius 2 is 1.90 bits per heavy atom. The highest BCUT2D eigenvalue weighted by molar-refractivity contribution is 5.80. The van der Waals surface area contributed by atoms with Crippen LogP contribution in [0.1, 0.15) is 0 Å². The minimum Gasteiger partial charge on any atom is -0.480 e. The van der Waals surface area contributed by atoms with Crippen LogP contribution < -0.4 is 9.88 Å². The fourth-order valence-corrected chi connectivity index (χ4v) is 1.61. The number of aromatic nitrogens is 3. The van der Waals surface area contributed by atoms with Crippen LogP contribution in [-0.2, 0) is 16.1 Å². The Hall–Kier alpha value is -2.83. The highest BCUT2D eigenvalue weighted by atomic mass is 16.4. The van der Waals surface area contributed by atoms with Crippen molar-refractivity contribution < 1.29 is 19.3 Å². The topological polar surface area (TPSA) is 96.1 Å². The lowest BCUT2D eigenvalue weighted by molar-refractivity contribution is -0.684. The third-order valence-corrected chi connectivity index (χ3v) is 2.57. The molecule has 0 aliphatic carbocycles. The summed E-state index contributed by atoms with van der Waals surface area (Å²) in [5.74, 6) is -1.42. The largest absolute Gasteiger partial charge is 0.480 e. The normalized spacial score (nSPS) is 10.0. The summed E-state index contributed by atoms with van der Waals surface area (Å²) in [4.78, 5) is 21.8. The molecule has 0 saturated carbocycles. The molecule has 7 heteroatoms. The van der Waals surface area contributed by atoms with Crippen LogP contribution in [0.2, 0.25) is 0 Å². The number of nitrogens with one attached hydrogen (secondary N) is 1. The molecule has 2 N–H and O–H groups in total. The molecule has 0 atom stereocenters. The number of carboxylic acids is 1. The van der Waals surface area contributed by atoms with E-state index in [-0.39, 0.29) is 19.0 Å². The van der Waals surface area contributed by atoms with Crippen molar-refractivity contribution in [1.29, 1.82) is 0 Å². The van der Waals surface area contributed by atoms with Crippen molar-refractivity contribution in [3.8, 4) is 11.1 Å². The summed E-state index contributed by atoms with van der Waals surface area (Å²) in [5, 5.41) is 18.3. The van der Waals surface area contributed by atoms with Crippen LogP contribution >= 0.6 is 0 Å². The third-order valence-electron chi connectivity index (χ3n) is 2.57. The molecule has 0 unspecified atom stereocenters. The van der Waals surface area contributed by atoms with E-state index in [0.29, 0.717) is 0 Å². The van der Waals surface area contributed by atoms with Crippen molar-refractivity contribution in [2.75, 3.05) is 6.54 Å². The number of aliphatic carboxylic acids is 1. The monoisotopic (exact) mass is 273 g/mol. The molecule has 0 aliphatic rings. The highest BCUT2D eigenvalue weighted by Gasteiger charge is 2.10. The maximum atomic E-state index is 11.5. The molecule has 0 aliphatic heterocycles. The van der Waals surface area contributed by atoms with Gasteiger partial charge in [-0.25, -0.2) is 0 Å². The van der Waals surface area contributed by atoms with Gasteiger partial charge in [-0.15, -0.1) is 0 Å². The zero-order valence-electron chi connectivity index (χ0n) is 10.6. The van der Waals surface area contributed by atoms with Gasteiger partial charge in [0.25, 0.3) is 5.91 Å². The molecule has 2 heterocycles. The van der Waals surface area contributed by atoms with Gasteiger partial charge in [-0.3, -0.25) is 9.59 Å². The number of carboxylic acid groups (broad SMARTS) is 1. The van der Waals surface area contributed by atoms with E-state index < -0.39 is 5.97 Å². The van der Waals surface area contributed by atoms with Crippen LogP contribution in [0.3, 0.4) is 0 Å². The smallest absolute Gasteiger partial charge is 0.322 e. The number of amides is 1. The van der Waals surface area contributed by atoms with Gasteiger partial charge < -0.3 is 10.4 Å². The molecule has 0 saturated heterocycles. The third kappa shape index (κ3) is 3.84. The second-order valence-corrected chi connectivity index (χ2v) is 4.06. The van der Waals surface area contributed by atoms with Crippen LogP contribution in [0, 0.1) is 0 Å². The predicted octanol–water partition coefficient (Wildman–Crippen LogP) is -0.368. The first-order valence-electron chi connectivity index (χ1n) is 5.90. The van der Waals surface area contributed by atoms with Crippen molar-refractivity contribution >= 4 is 11.9 Å². The summed E-state index contributed by atoms with van der Waals surface area (Å²) in [6.07, 6.45) is 6.75. The summed E-state index contributed by atoms with van der Waals surface area (Å²) in [6, 6.07) is 5.54. The summed E-state index contributed by atoms with van der Waals surface area (Å²) >= 11 is 0. The Morgan fingerprint density at radius 3 is 2.50 bits per heavy atom. The number of carbonyl (C=O) groups is 2. The molecule has 20 heavy (non-hydrogen) atoms. The fraction of sp³-hybridized carbons (Fsp3) is 0.154. The second-order valence-electron chi connectivity index (χ2n) is 4.06. The number of rotatable bonds is 5. The first-order chi connectivity index (χ1) is 9.65. The number of carbonyl (C=O) groups excluding carboxylic acids is 1. The van der Waals surface area contributed by atoms with Crippen LogP contribution in [-0.4, -0.2) is 33.7 Å². The van der Waals surface area contributed by atoms with Gasteiger partial charge in [-0.1, -0.05) is 0 Å². The average Bonchev–Trinajstić information content (AvgIpc) is 2.47. The molecule has 0 fully saturated rings. The quantitative estimate of drug-likeness (QED) is 0.725. The van der Waals surface area contributed by atoms with E-state index in [1.807, 2.05) is 18.2 Å². The Bertz CT molecular complexity index is 599. The fourth-order valence-electron chi connectivity index (χ4n) is 1.61. The lowest BCUT2D eigenvalue weighted by Crippen LogP contribution is -2.43. The number of hydrogen-bond acceptors (Lipinski definition) is 4. The van der Waals surface area contributed by atoms with Gasteiger partial charge in [0.2, 0.25) is 6.54 Å². The zero-order valence-corrected chi connectivity index (χ0v) is 10.6. The molecule has 0 radical (unpaired) electrons. The summed E-state index contributed by atoms with van der Waals surface area (Å²) in [6.45, 7) is -0.303. The minimum atomic E-state index is -1.07. The first kappa shape index (κ1) is 13.6. The molecule has 0 spiro atoms. The molecule has 2 aromatic rings. The summed E-state index contributed by atoms with van der Waals surface area (Å²) in [5.41, 5.74) is 1.89. The summed E-state index contributed by atoms with van der Waals surface area (Å²) in [7, 11) is 0. The Kier molecular flexibility index (Phi) is 4.33. The van der Waals surface area contributed by atoms with Gasteiger partial charge in [0.1, 0.15) is 6.54 Å². The maximum absolute atomic E-state index is 11.5. The molecule has 0 aromatic carbocycles. The van der Waals surface area contributed by atoms with Crippen LogP contribution in [0.4, 0.5) is 0 Å². The molecule has 0 bridgehead atoms. The van der Waals surface area contributed by atoms with E-state index in [2.05, 4.69) is 15.5 Å². The molecular weight excluding hydrogens is 260 g/mol. The number of pyridine rings is 1. The van der Waals surface area contributed by atoms with E-state index in [0.717, 1.165) is 11.1 Å². The number of nitrogens with zero attached hydrogens (tertiary/aromatic N) is 3. The van der Waals surface area contributed by atoms with E-state index in [4.69, 9.17) is 5.11 Å². The molecular formula is C13H13N4O3+. The zero-order chi connectivity index (χ0) is 14.4. The van der Waals surface area contributed by atoms with Gasteiger partial charge in [-0.05, 0) is 11.6 Å². The molecule has 2 rings (SSSR count). The SMILES string of the molecule is O=C(O)CNC(=O)C[n+]1ccc(-c2ccnnc2)cc1. The van der Waals surface area contributed by atoms with Crippen molar-refractivity contribution in [1.82, 2.24) is 15.5 Å². The maximum Gasteiger partial charge on any atom is 0.322 e. The van der Waals surface area contributed by atoms with E-state index in [1.54, 1.807) is 29.4 Å². The van der Waals surface area contributed by atoms with Crippen LogP contribution in [0.25, 0.3) is 11.1 Å². The second kappa shape index (κ2) is 6.37. The van der Waals surface area contributed by atoms with Gasteiger partial charge in [0.05, 0.1) is 12.4 Å². The van der Waals surface area contributed by atoms with E-state index in [1.165, 1.54) is 0 Å². The number of hydrogen-bond donors (Lipinski definition) is 2. The predicted molar refractivity (Wildman–Crippen MR) is 68.3 cm³/mol. The van der Waals surface area contributed by atoms with Crippen molar-refractivity contribution in [2.24, 2.45) is 0 Å². The average molecular weight is 273 g/mol. The summed E-state index contributed by atoms with van der Waals surface area (Å²) < 4.78 is 1.66. The van der Waals surface area contributed by atoms with Gasteiger partial charge in [-0.2, -0.15) is 14.8 Å². The van der Waals surface area contributed by atoms with Gasteiger partial charge in [0, 0.05) is 17.7 Å². The van der Waals surface area contributed by atoms with Crippen LogP contribution in [0.5, 0.6) is 0 Å². The standard InChI is InChI=1S/C13H12N4O3/c18-12(14-8-13(19)20)9-17-5-2-10(3-6-17)11-1-4-15-16-7-11/h1-7H,8-9H2,(H-,14,18,19,20)/p+1. The highest BCUT2D eigenvalue weighted by Crippen LogP contribution is 2.14. The molecule has 102 valence electrons. The molecule has 1 amide bonds. The first-order valence-corrected chi connectivity index (χ1v) is 5.90. The van der Waals surface area contributed by atoms with Gasteiger partial charge in [0.15, 0.2) is 12.4 Å². The molecule has 2 aromatic heterocycles.